The van der Waals surface area contributed by atoms with Crippen LogP contribution in [0.4, 0.5) is 11.5 Å². The standard InChI is InChI=1S/C23H21N5O5/c29-23(28-27-13-26-16-4-6-18-21(11-16)31-9-8-30-18)17-2-1-7-24-22(17)25-12-15-3-5-19-20(10-15)33-14-32-19/h1-7,10-11,13H,8-9,12,14H2,(H,24,25)(H,26,27)(H,28,29). The van der Waals surface area contributed by atoms with Crippen molar-refractivity contribution in [3.8, 4) is 23.0 Å². The van der Waals surface area contributed by atoms with Gasteiger partial charge in [0, 0.05) is 18.8 Å². The van der Waals surface area contributed by atoms with Crippen LogP contribution in [0.15, 0.2) is 59.7 Å². The van der Waals surface area contributed by atoms with Crippen molar-refractivity contribution in [2.45, 2.75) is 6.54 Å². The number of aliphatic imine (C=N–C) groups is 1. The number of rotatable bonds is 7. The summed E-state index contributed by atoms with van der Waals surface area (Å²) in [6, 6.07) is 14.4. The van der Waals surface area contributed by atoms with Crippen LogP contribution in [0.3, 0.4) is 0 Å². The van der Waals surface area contributed by atoms with Crippen LogP contribution in [0.5, 0.6) is 23.0 Å². The number of hydrogen-bond acceptors (Lipinski definition) is 8. The summed E-state index contributed by atoms with van der Waals surface area (Å²) in [6.07, 6.45) is 3.01. The Morgan fingerprint density at radius 1 is 0.970 bits per heavy atom. The van der Waals surface area contributed by atoms with Crippen LogP contribution >= 0.6 is 0 Å². The molecule has 0 atom stereocenters. The lowest BCUT2D eigenvalue weighted by Gasteiger charge is -2.18. The van der Waals surface area contributed by atoms with Crippen LogP contribution in [0.25, 0.3) is 0 Å². The van der Waals surface area contributed by atoms with E-state index in [2.05, 4.69) is 26.1 Å². The number of hydrazine groups is 1. The minimum atomic E-state index is -0.357. The van der Waals surface area contributed by atoms with Gasteiger partial charge in [0.25, 0.3) is 5.91 Å². The zero-order valence-corrected chi connectivity index (χ0v) is 17.5. The fraction of sp³-hybridized carbons (Fsp3) is 0.174. The lowest BCUT2D eigenvalue weighted by molar-refractivity contribution is 0.0945. The molecular weight excluding hydrogens is 426 g/mol. The van der Waals surface area contributed by atoms with Gasteiger partial charge in [0.15, 0.2) is 23.0 Å². The Hall–Kier alpha value is -4.47. The number of amides is 1. The SMILES string of the molecule is O=C(NNC=Nc1ccc2c(c1)OCCO2)c1cccnc1NCc1ccc2c(c1)OCO2. The topological polar surface area (TPSA) is 115 Å². The maximum atomic E-state index is 12.6. The quantitative estimate of drug-likeness (QED) is 0.288. The van der Waals surface area contributed by atoms with Gasteiger partial charge in [-0.3, -0.25) is 15.6 Å². The number of ether oxygens (including phenoxy) is 4. The van der Waals surface area contributed by atoms with Gasteiger partial charge in [0.2, 0.25) is 6.79 Å². The molecule has 2 aromatic carbocycles. The zero-order chi connectivity index (χ0) is 22.5. The monoisotopic (exact) mass is 447 g/mol. The predicted octanol–water partition coefficient (Wildman–Crippen LogP) is 2.79. The lowest BCUT2D eigenvalue weighted by atomic mass is 10.2. The Bertz CT molecular complexity index is 1200. The van der Waals surface area contributed by atoms with Crippen molar-refractivity contribution in [2.75, 3.05) is 25.3 Å². The molecule has 1 amide bonds. The number of pyridine rings is 1. The third kappa shape index (κ3) is 4.74. The minimum Gasteiger partial charge on any atom is -0.486 e. The summed E-state index contributed by atoms with van der Waals surface area (Å²) in [5.74, 6) is 2.87. The molecule has 5 rings (SSSR count). The highest BCUT2D eigenvalue weighted by Gasteiger charge is 2.15. The third-order valence-electron chi connectivity index (χ3n) is 4.94. The molecule has 10 heteroatoms. The highest BCUT2D eigenvalue weighted by molar-refractivity contribution is 5.99. The molecule has 0 aliphatic carbocycles. The number of carbonyl (C=O) groups excluding carboxylic acids is 1. The first-order chi connectivity index (χ1) is 16.3. The second kappa shape index (κ2) is 9.35. The highest BCUT2D eigenvalue weighted by Crippen LogP contribution is 2.34. The molecule has 168 valence electrons. The second-order valence-electron chi connectivity index (χ2n) is 7.13. The molecule has 0 radical (unpaired) electrons. The van der Waals surface area contributed by atoms with Crippen LogP contribution in [0, 0.1) is 0 Å². The van der Waals surface area contributed by atoms with E-state index in [1.165, 1.54) is 6.34 Å². The first-order valence-corrected chi connectivity index (χ1v) is 10.3. The van der Waals surface area contributed by atoms with Crippen LogP contribution in [-0.4, -0.2) is 37.2 Å². The molecule has 3 aromatic rings. The zero-order valence-electron chi connectivity index (χ0n) is 17.5. The average molecular weight is 447 g/mol. The van der Waals surface area contributed by atoms with Crippen molar-refractivity contribution in [1.82, 2.24) is 15.8 Å². The Kier molecular flexibility index (Phi) is 5.79. The molecule has 0 spiro atoms. The molecule has 2 aliphatic heterocycles. The van der Waals surface area contributed by atoms with Crippen LogP contribution in [0.2, 0.25) is 0 Å². The number of fused-ring (bicyclic) bond motifs is 2. The van der Waals surface area contributed by atoms with Crippen molar-refractivity contribution in [3.63, 3.8) is 0 Å². The van der Waals surface area contributed by atoms with Gasteiger partial charge >= 0.3 is 0 Å². The van der Waals surface area contributed by atoms with Crippen molar-refractivity contribution >= 4 is 23.8 Å². The Labute approximate surface area is 189 Å². The summed E-state index contributed by atoms with van der Waals surface area (Å²) in [4.78, 5) is 21.2. The first kappa shape index (κ1) is 20.4. The Balaban J connectivity index is 1.17. The van der Waals surface area contributed by atoms with Crippen molar-refractivity contribution in [3.05, 3.63) is 65.9 Å². The lowest BCUT2D eigenvalue weighted by Crippen LogP contribution is -2.36. The molecule has 0 saturated carbocycles. The minimum absolute atomic E-state index is 0.224. The number of nitrogens with one attached hydrogen (secondary N) is 3. The fourth-order valence-corrected chi connectivity index (χ4v) is 3.35. The molecule has 2 aliphatic rings. The smallest absolute Gasteiger partial charge is 0.273 e. The molecular formula is C23H21N5O5. The molecule has 1 aromatic heterocycles. The molecule has 0 saturated heterocycles. The number of aromatic nitrogens is 1. The molecule has 0 unspecified atom stereocenters. The summed E-state index contributed by atoms with van der Waals surface area (Å²) in [5.41, 5.74) is 7.31. The third-order valence-corrected chi connectivity index (χ3v) is 4.94. The van der Waals surface area contributed by atoms with Gasteiger partial charge in [-0.05, 0) is 42.0 Å². The summed E-state index contributed by atoms with van der Waals surface area (Å²) in [6.45, 7) is 1.73. The molecule has 0 bridgehead atoms. The van der Waals surface area contributed by atoms with Crippen molar-refractivity contribution < 1.29 is 23.7 Å². The van der Waals surface area contributed by atoms with Crippen LogP contribution in [0.1, 0.15) is 15.9 Å². The van der Waals surface area contributed by atoms with E-state index in [9.17, 15) is 4.79 Å². The van der Waals surface area contributed by atoms with E-state index in [4.69, 9.17) is 18.9 Å². The van der Waals surface area contributed by atoms with E-state index < -0.39 is 0 Å². The normalized spacial score (nSPS) is 13.6. The molecule has 3 N–H and O–H groups in total. The maximum Gasteiger partial charge on any atom is 0.273 e. The maximum absolute atomic E-state index is 12.6. The average Bonchev–Trinajstić information content (AvgIpc) is 3.33. The Morgan fingerprint density at radius 2 is 1.76 bits per heavy atom. The highest BCUT2D eigenvalue weighted by atomic mass is 16.7. The van der Waals surface area contributed by atoms with Gasteiger partial charge in [-0.2, -0.15) is 0 Å². The number of nitrogens with zero attached hydrogens (tertiary/aromatic N) is 2. The predicted molar refractivity (Wildman–Crippen MR) is 120 cm³/mol. The number of benzene rings is 2. The van der Waals surface area contributed by atoms with E-state index >= 15 is 0 Å². The summed E-state index contributed by atoms with van der Waals surface area (Å²) >= 11 is 0. The van der Waals surface area contributed by atoms with Gasteiger partial charge in [-0.25, -0.2) is 9.98 Å². The summed E-state index contributed by atoms with van der Waals surface area (Å²) in [5, 5.41) is 3.19. The van der Waals surface area contributed by atoms with E-state index in [0.717, 1.165) is 11.3 Å². The molecule has 10 nitrogen and oxygen atoms in total. The largest absolute Gasteiger partial charge is 0.486 e. The molecule has 0 fully saturated rings. The number of carbonyl (C=O) groups is 1. The summed E-state index contributed by atoms with van der Waals surface area (Å²) in [7, 11) is 0. The first-order valence-electron chi connectivity index (χ1n) is 10.3. The number of anilines is 1. The molecule has 33 heavy (non-hydrogen) atoms. The second-order valence-corrected chi connectivity index (χ2v) is 7.13. The van der Waals surface area contributed by atoms with E-state index in [-0.39, 0.29) is 12.7 Å². The van der Waals surface area contributed by atoms with E-state index in [1.807, 2.05) is 18.2 Å². The van der Waals surface area contributed by atoms with Crippen molar-refractivity contribution in [2.24, 2.45) is 4.99 Å². The summed E-state index contributed by atoms with van der Waals surface area (Å²) < 4.78 is 21.8. The van der Waals surface area contributed by atoms with Gasteiger partial charge in [0.1, 0.15) is 25.4 Å². The number of hydrogen-bond donors (Lipinski definition) is 3. The van der Waals surface area contributed by atoms with E-state index in [0.29, 0.717) is 54.1 Å². The van der Waals surface area contributed by atoms with Crippen molar-refractivity contribution in [1.29, 1.82) is 0 Å². The Morgan fingerprint density at radius 3 is 2.70 bits per heavy atom. The van der Waals surface area contributed by atoms with E-state index in [1.54, 1.807) is 36.5 Å². The van der Waals surface area contributed by atoms with Gasteiger partial charge in [-0.1, -0.05) is 6.07 Å². The van der Waals surface area contributed by atoms with Gasteiger partial charge in [0.05, 0.1) is 11.3 Å². The van der Waals surface area contributed by atoms with Crippen LogP contribution < -0.4 is 35.1 Å². The van der Waals surface area contributed by atoms with Gasteiger partial charge in [-0.15, -0.1) is 0 Å². The van der Waals surface area contributed by atoms with Gasteiger partial charge < -0.3 is 24.3 Å². The fourth-order valence-electron chi connectivity index (χ4n) is 3.35. The molecule has 3 heterocycles. The van der Waals surface area contributed by atoms with Crippen LogP contribution in [-0.2, 0) is 6.54 Å².